The molecule has 0 saturated heterocycles. The molecule has 4 rings (SSSR count). The molecule has 0 unspecified atom stereocenters. The summed E-state index contributed by atoms with van der Waals surface area (Å²) in [6.07, 6.45) is -6.77. The molecule has 1 aromatic heterocycles. The fourth-order valence-corrected chi connectivity index (χ4v) is 6.59. The molecule has 3 aromatic rings. The Labute approximate surface area is 330 Å². The molecule has 58 heavy (non-hydrogen) atoms. The van der Waals surface area contributed by atoms with Crippen LogP contribution in [0.4, 0.5) is 40.8 Å². The Balaban J connectivity index is 1.52. The molecule has 0 atom stereocenters. The van der Waals surface area contributed by atoms with E-state index in [0.29, 0.717) is 62.2 Å². The average molecular weight is 830 g/mol. The molecular formula is C40H47F8N5O5. The lowest BCUT2D eigenvalue weighted by molar-refractivity contribution is -0.141. The van der Waals surface area contributed by atoms with Gasteiger partial charge in [-0.05, 0) is 66.6 Å². The van der Waals surface area contributed by atoms with Gasteiger partial charge in [-0.2, -0.15) is 30.7 Å². The van der Waals surface area contributed by atoms with Crippen molar-refractivity contribution in [2.45, 2.75) is 90.5 Å². The van der Waals surface area contributed by atoms with E-state index < -0.39 is 70.1 Å². The average Bonchev–Trinajstić information content (AvgIpc) is 3.64. The molecule has 1 aliphatic rings. The lowest BCUT2D eigenvalue weighted by Gasteiger charge is -2.32. The zero-order chi connectivity index (χ0) is 42.9. The maximum atomic E-state index is 15.7. The van der Waals surface area contributed by atoms with Gasteiger partial charge in [0.15, 0.2) is 11.6 Å². The number of Topliss-reactive ketones (excluding diaryl/α,β-unsaturated/α-hetero) is 1. The number of nitrogens with two attached hydrogens (primary N) is 1. The number of hydrogen-bond donors (Lipinski definition) is 3. The van der Waals surface area contributed by atoms with E-state index in [2.05, 4.69) is 20.7 Å². The van der Waals surface area contributed by atoms with Crippen molar-refractivity contribution >= 4 is 17.4 Å². The van der Waals surface area contributed by atoms with Gasteiger partial charge in [0.25, 0.3) is 5.91 Å². The molecular weight excluding hydrogens is 782 g/mol. The first-order valence-electron chi connectivity index (χ1n) is 18.5. The number of aromatic nitrogens is 2. The molecule has 0 aliphatic heterocycles. The van der Waals surface area contributed by atoms with E-state index in [9.17, 15) is 35.9 Å². The van der Waals surface area contributed by atoms with Crippen LogP contribution in [0.3, 0.4) is 0 Å². The third-order valence-electron chi connectivity index (χ3n) is 9.61. The number of anilines is 1. The summed E-state index contributed by atoms with van der Waals surface area (Å²) in [7, 11) is 0. The van der Waals surface area contributed by atoms with Crippen molar-refractivity contribution < 1.29 is 58.9 Å². The van der Waals surface area contributed by atoms with Gasteiger partial charge in [0.05, 0.1) is 48.9 Å². The van der Waals surface area contributed by atoms with Crippen LogP contribution in [-0.2, 0) is 37.8 Å². The predicted molar refractivity (Wildman–Crippen MR) is 198 cm³/mol. The summed E-state index contributed by atoms with van der Waals surface area (Å²) in [6, 6.07) is 4.87. The van der Waals surface area contributed by atoms with Gasteiger partial charge < -0.3 is 19.5 Å². The highest BCUT2D eigenvalue weighted by Gasteiger charge is 2.38. The number of benzene rings is 2. The molecule has 18 heteroatoms. The zero-order valence-electron chi connectivity index (χ0n) is 32.6. The van der Waals surface area contributed by atoms with E-state index >= 15 is 8.78 Å². The third-order valence-corrected chi connectivity index (χ3v) is 9.61. The topological polar surface area (TPSA) is 138 Å². The van der Waals surface area contributed by atoms with Crippen molar-refractivity contribution in [3.8, 4) is 17.0 Å². The molecule has 1 heterocycles. The molecule has 0 radical (unpaired) electrons. The Bertz CT molecular complexity index is 1940. The fourth-order valence-electron chi connectivity index (χ4n) is 6.59. The second kappa shape index (κ2) is 19.5. The number of hydrazine groups is 1. The largest absolute Gasteiger partial charge is 0.488 e. The van der Waals surface area contributed by atoms with Crippen LogP contribution in [0, 0.1) is 17.0 Å². The van der Waals surface area contributed by atoms with Gasteiger partial charge in [-0.15, -0.1) is 0 Å². The normalized spacial score (nSPS) is 15.0. The lowest BCUT2D eigenvalue weighted by atomic mass is 9.84. The van der Waals surface area contributed by atoms with Gasteiger partial charge in [-0.25, -0.2) is 14.4 Å². The van der Waals surface area contributed by atoms with Crippen LogP contribution in [0.5, 0.6) is 5.75 Å². The summed E-state index contributed by atoms with van der Waals surface area (Å²) in [5.41, 5.74) is -2.44. The highest BCUT2D eigenvalue weighted by Crippen LogP contribution is 2.40. The van der Waals surface area contributed by atoms with Gasteiger partial charge in [0, 0.05) is 30.4 Å². The molecule has 4 N–H and O–H groups in total. The number of rotatable bonds is 18. The Morgan fingerprint density at radius 3 is 2.12 bits per heavy atom. The van der Waals surface area contributed by atoms with E-state index in [1.165, 1.54) is 12.1 Å². The Hall–Kier alpha value is -4.52. The minimum absolute atomic E-state index is 0.00795. The summed E-state index contributed by atoms with van der Waals surface area (Å²) >= 11 is 0. The van der Waals surface area contributed by atoms with Crippen LogP contribution in [0.25, 0.3) is 11.3 Å². The number of carbonyl (C=O) groups excluding carboxylic acids is 2. The van der Waals surface area contributed by atoms with E-state index in [-0.39, 0.29) is 67.5 Å². The lowest BCUT2D eigenvalue weighted by Crippen LogP contribution is -2.49. The second-order valence-corrected chi connectivity index (χ2v) is 15.2. The number of amides is 1. The van der Waals surface area contributed by atoms with Crippen molar-refractivity contribution in [2.24, 2.45) is 11.3 Å². The minimum Gasteiger partial charge on any atom is -0.488 e. The first kappa shape index (κ1) is 46.2. The first-order chi connectivity index (χ1) is 27.1. The highest BCUT2D eigenvalue weighted by atomic mass is 19.4. The second-order valence-electron chi connectivity index (χ2n) is 15.2. The predicted octanol–water partition coefficient (Wildman–Crippen LogP) is 8.54. The highest BCUT2D eigenvalue weighted by molar-refractivity contribution is 6.06. The first-order valence-corrected chi connectivity index (χ1v) is 18.5. The molecule has 0 bridgehead atoms. The number of ketones is 1. The summed E-state index contributed by atoms with van der Waals surface area (Å²) < 4.78 is 129. The monoisotopic (exact) mass is 829 g/mol. The van der Waals surface area contributed by atoms with Gasteiger partial charge in [0.1, 0.15) is 24.4 Å². The summed E-state index contributed by atoms with van der Waals surface area (Å²) in [6.45, 7) is 7.98. The van der Waals surface area contributed by atoms with Gasteiger partial charge >= 0.3 is 12.4 Å². The number of alkyl halides is 6. The van der Waals surface area contributed by atoms with Gasteiger partial charge in [0.2, 0.25) is 5.82 Å². The standard InChI is InChI=1S/C40H47F8N5O5/c1-24(38(53-49)12-5-6-13-38)28(36(55)52-30-9-8-26(39(43,44)45)20-29(30)31-21-33(40(46,47)48)51-23-50-31)19-25-7-10-32(35(42)34(25)41)58-18-17-57-16-15-56-14-11-27(54)22-37(2,3)4/h7-10,20-21,23,53H,5-6,11-19,22,49H2,1-4H3,(H,52,55)/b28-24+. The molecule has 1 aliphatic carbocycles. The molecule has 0 spiro atoms. The Kier molecular flexibility index (Phi) is 15.5. The third kappa shape index (κ3) is 12.5. The van der Waals surface area contributed by atoms with Crippen LogP contribution in [0.15, 0.2) is 53.9 Å². The van der Waals surface area contributed by atoms with Gasteiger partial charge in [-0.3, -0.25) is 20.9 Å². The van der Waals surface area contributed by atoms with Crippen molar-refractivity contribution in [3.05, 3.63) is 82.3 Å². The van der Waals surface area contributed by atoms with E-state index in [1.807, 2.05) is 20.8 Å². The van der Waals surface area contributed by atoms with Crippen LogP contribution >= 0.6 is 0 Å². The Morgan fingerprint density at radius 1 is 0.845 bits per heavy atom. The smallest absolute Gasteiger partial charge is 0.433 e. The van der Waals surface area contributed by atoms with Crippen molar-refractivity contribution in [1.29, 1.82) is 0 Å². The Morgan fingerprint density at radius 2 is 1.50 bits per heavy atom. The maximum Gasteiger partial charge on any atom is 0.433 e. The summed E-state index contributed by atoms with van der Waals surface area (Å²) in [4.78, 5) is 33.0. The van der Waals surface area contributed by atoms with E-state index in [4.69, 9.17) is 20.1 Å². The van der Waals surface area contributed by atoms with E-state index in [0.717, 1.165) is 6.07 Å². The number of nitrogens with zero attached hydrogens (tertiary/aromatic N) is 2. The SMILES string of the molecule is C/C(=C(/Cc1ccc(OCCOCCOCCC(=O)CC(C)(C)C)c(F)c1F)C(=O)Nc1ccc(C(F)(F)F)cc1-c1cc(C(F)(F)F)ncn1)C1(NN)CCCC1. The molecule has 1 saturated carbocycles. The number of halogens is 8. The quantitative estimate of drug-likeness (QED) is 0.0379. The molecule has 318 valence electrons. The number of ether oxygens (including phenoxy) is 3. The molecule has 1 fully saturated rings. The van der Waals surface area contributed by atoms with Crippen molar-refractivity contribution in [1.82, 2.24) is 15.4 Å². The molecule has 2 aromatic carbocycles. The fraction of sp³-hybridized carbons (Fsp3) is 0.500. The summed E-state index contributed by atoms with van der Waals surface area (Å²) in [5, 5.41) is 2.47. The van der Waals surface area contributed by atoms with Gasteiger partial charge in [-0.1, -0.05) is 39.7 Å². The van der Waals surface area contributed by atoms with Crippen LogP contribution in [-0.4, -0.2) is 60.2 Å². The molecule has 10 nitrogen and oxygen atoms in total. The summed E-state index contributed by atoms with van der Waals surface area (Å²) in [5.74, 6) is 1.98. The van der Waals surface area contributed by atoms with Crippen molar-refractivity contribution in [2.75, 3.05) is 38.4 Å². The van der Waals surface area contributed by atoms with Crippen LogP contribution in [0.1, 0.15) is 83.0 Å². The van der Waals surface area contributed by atoms with E-state index in [1.54, 1.807) is 6.92 Å². The van der Waals surface area contributed by atoms with Crippen LogP contribution in [0.2, 0.25) is 0 Å². The molecule has 1 amide bonds. The number of carbonyl (C=O) groups is 2. The number of hydrogen-bond acceptors (Lipinski definition) is 9. The van der Waals surface area contributed by atoms with Crippen LogP contribution < -0.4 is 21.3 Å². The minimum atomic E-state index is -4.96. The number of nitrogens with one attached hydrogen (secondary N) is 2. The zero-order valence-corrected chi connectivity index (χ0v) is 32.6. The van der Waals surface area contributed by atoms with Crippen molar-refractivity contribution in [3.63, 3.8) is 0 Å². The maximum absolute atomic E-state index is 15.7.